The van der Waals surface area contributed by atoms with Crippen molar-refractivity contribution in [2.45, 2.75) is 6.18 Å². The molecule has 0 aliphatic carbocycles. The Balaban J connectivity index is 2.24. The molecule has 0 unspecified atom stereocenters. The minimum absolute atomic E-state index is 0.0111. The van der Waals surface area contributed by atoms with Crippen LogP contribution in [0.15, 0.2) is 36.4 Å². The maximum Gasteiger partial charge on any atom is 0.422 e. The highest BCUT2D eigenvalue weighted by Crippen LogP contribution is 2.31. The first kappa shape index (κ1) is 15.4. The van der Waals surface area contributed by atoms with E-state index in [4.69, 9.17) is 17.3 Å². The van der Waals surface area contributed by atoms with E-state index in [1.807, 2.05) is 0 Å². The fraction of sp³-hybridized carbons (Fsp3) is 0.143. The van der Waals surface area contributed by atoms with Crippen LogP contribution >= 0.6 is 11.6 Å². The number of alkyl halides is 3. The molecular weight excluding hydrogens is 310 g/mol. The van der Waals surface area contributed by atoms with E-state index in [0.717, 1.165) is 0 Å². The van der Waals surface area contributed by atoms with Gasteiger partial charge in [-0.3, -0.25) is 0 Å². The van der Waals surface area contributed by atoms with Crippen molar-refractivity contribution in [1.82, 2.24) is 0 Å². The van der Waals surface area contributed by atoms with Crippen molar-refractivity contribution in [3.8, 4) is 16.9 Å². The van der Waals surface area contributed by atoms with Gasteiger partial charge in [0.2, 0.25) is 0 Å². The Labute approximate surface area is 123 Å². The first-order valence-corrected chi connectivity index (χ1v) is 6.18. The average molecular weight is 320 g/mol. The standard InChI is InChI=1S/C14H10ClF4NO/c15-11-4-1-8(5-12(11)16)10-3-2-9(6-13(10)20)21-7-14(17,18)19/h1-6H,7,20H2. The molecule has 0 saturated heterocycles. The fourth-order valence-corrected chi connectivity index (χ4v) is 1.84. The van der Waals surface area contributed by atoms with Crippen molar-refractivity contribution in [3.05, 3.63) is 47.2 Å². The van der Waals surface area contributed by atoms with Gasteiger partial charge in [0, 0.05) is 17.3 Å². The third kappa shape index (κ3) is 4.01. The van der Waals surface area contributed by atoms with Gasteiger partial charge in [0.15, 0.2) is 6.61 Å². The normalized spacial score (nSPS) is 11.5. The molecule has 2 rings (SSSR count). The van der Waals surface area contributed by atoms with Crippen LogP contribution in [-0.2, 0) is 0 Å². The van der Waals surface area contributed by atoms with Crippen LogP contribution in [0, 0.1) is 5.82 Å². The molecular formula is C14H10ClF4NO. The molecule has 0 aliphatic heterocycles. The van der Waals surface area contributed by atoms with Crippen molar-refractivity contribution in [3.63, 3.8) is 0 Å². The van der Waals surface area contributed by atoms with E-state index in [2.05, 4.69) is 4.74 Å². The predicted molar refractivity (Wildman–Crippen MR) is 72.8 cm³/mol. The maximum atomic E-state index is 13.4. The van der Waals surface area contributed by atoms with Crippen LogP contribution in [0.4, 0.5) is 23.2 Å². The summed E-state index contributed by atoms with van der Waals surface area (Å²) in [5, 5.41) is -0.0255. The molecule has 0 amide bonds. The lowest BCUT2D eigenvalue weighted by atomic mass is 10.0. The summed E-state index contributed by atoms with van der Waals surface area (Å²) in [6.45, 7) is -1.40. The van der Waals surface area contributed by atoms with E-state index in [1.54, 1.807) is 6.07 Å². The molecule has 0 aromatic heterocycles. The topological polar surface area (TPSA) is 35.2 Å². The zero-order valence-electron chi connectivity index (χ0n) is 10.5. The van der Waals surface area contributed by atoms with Crippen LogP contribution in [0.2, 0.25) is 5.02 Å². The zero-order chi connectivity index (χ0) is 15.6. The van der Waals surface area contributed by atoms with Gasteiger partial charge in [-0.1, -0.05) is 17.7 Å². The second-order valence-corrected chi connectivity index (χ2v) is 4.69. The van der Waals surface area contributed by atoms with Gasteiger partial charge in [-0.25, -0.2) is 4.39 Å². The maximum absolute atomic E-state index is 13.4. The summed E-state index contributed by atoms with van der Waals surface area (Å²) < 4.78 is 54.2. The second-order valence-electron chi connectivity index (χ2n) is 4.28. The first-order chi connectivity index (χ1) is 9.76. The summed E-state index contributed by atoms with van der Waals surface area (Å²) in [5.41, 5.74) is 6.89. The van der Waals surface area contributed by atoms with Crippen LogP contribution in [0.5, 0.6) is 5.75 Å². The van der Waals surface area contributed by atoms with Gasteiger partial charge < -0.3 is 10.5 Å². The highest BCUT2D eigenvalue weighted by atomic mass is 35.5. The second kappa shape index (κ2) is 5.81. The number of hydrogen-bond donors (Lipinski definition) is 1. The Bertz CT molecular complexity index is 658. The Hall–Kier alpha value is -1.95. The number of hydrogen-bond acceptors (Lipinski definition) is 2. The van der Waals surface area contributed by atoms with Crippen LogP contribution in [0.25, 0.3) is 11.1 Å². The summed E-state index contributed by atoms with van der Waals surface area (Å²) in [5.74, 6) is -0.617. The smallest absolute Gasteiger partial charge is 0.422 e. The lowest BCUT2D eigenvalue weighted by molar-refractivity contribution is -0.153. The number of anilines is 1. The lowest BCUT2D eigenvalue weighted by Gasteiger charge is -2.12. The van der Waals surface area contributed by atoms with E-state index in [1.165, 1.54) is 30.3 Å². The Morgan fingerprint density at radius 3 is 2.38 bits per heavy atom. The number of benzene rings is 2. The lowest BCUT2D eigenvalue weighted by Crippen LogP contribution is -2.19. The molecule has 0 heterocycles. The number of nitrogen functional groups attached to an aromatic ring is 1. The summed E-state index contributed by atoms with van der Waals surface area (Å²) in [6, 6.07) is 8.19. The minimum atomic E-state index is -4.42. The van der Waals surface area contributed by atoms with Gasteiger partial charge in [-0.05, 0) is 29.8 Å². The quantitative estimate of drug-likeness (QED) is 0.659. The van der Waals surface area contributed by atoms with Crippen molar-refractivity contribution in [2.75, 3.05) is 12.3 Å². The SMILES string of the molecule is Nc1cc(OCC(F)(F)F)ccc1-c1ccc(Cl)c(F)c1. The Kier molecular flexibility index (Phi) is 4.27. The molecule has 0 aliphatic rings. The molecule has 0 spiro atoms. The monoisotopic (exact) mass is 319 g/mol. The van der Waals surface area contributed by atoms with E-state index in [0.29, 0.717) is 11.1 Å². The molecule has 0 fully saturated rings. The molecule has 2 aromatic carbocycles. The first-order valence-electron chi connectivity index (χ1n) is 5.81. The molecule has 2 N–H and O–H groups in total. The highest BCUT2D eigenvalue weighted by Gasteiger charge is 2.28. The van der Waals surface area contributed by atoms with E-state index >= 15 is 0 Å². The van der Waals surface area contributed by atoms with Gasteiger partial charge in [-0.15, -0.1) is 0 Å². The predicted octanol–water partition coefficient (Wildman–Crippen LogP) is 4.67. The molecule has 0 atom stereocenters. The van der Waals surface area contributed by atoms with Crippen molar-refractivity contribution in [2.24, 2.45) is 0 Å². The van der Waals surface area contributed by atoms with E-state index in [9.17, 15) is 17.6 Å². The average Bonchev–Trinajstić information content (AvgIpc) is 2.39. The summed E-state index contributed by atoms with van der Waals surface area (Å²) in [6.07, 6.45) is -4.42. The summed E-state index contributed by atoms with van der Waals surface area (Å²) >= 11 is 5.58. The minimum Gasteiger partial charge on any atom is -0.484 e. The molecule has 0 saturated carbocycles. The zero-order valence-corrected chi connectivity index (χ0v) is 11.3. The fourth-order valence-electron chi connectivity index (χ4n) is 1.72. The van der Waals surface area contributed by atoms with Crippen LogP contribution in [0.3, 0.4) is 0 Å². The number of ether oxygens (including phenoxy) is 1. The van der Waals surface area contributed by atoms with Gasteiger partial charge in [0.05, 0.1) is 5.02 Å². The Morgan fingerprint density at radius 2 is 1.81 bits per heavy atom. The molecule has 21 heavy (non-hydrogen) atoms. The van der Waals surface area contributed by atoms with Crippen LogP contribution in [0.1, 0.15) is 0 Å². The largest absolute Gasteiger partial charge is 0.484 e. The third-order valence-corrected chi connectivity index (χ3v) is 2.96. The number of halogens is 5. The molecule has 2 aromatic rings. The number of nitrogens with two attached hydrogens (primary N) is 1. The van der Waals surface area contributed by atoms with Gasteiger partial charge >= 0.3 is 6.18 Å². The molecule has 0 bridgehead atoms. The van der Waals surface area contributed by atoms with E-state index in [-0.39, 0.29) is 16.5 Å². The molecule has 7 heteroatoms. The van der Waals surface area contributed by atoms with E-state index < -0.39 is 18.6 Å². The van der Waals surface area contributed by atoms with Crippen molar-refractivity contribution in [1.29, 1.82) is 0 Å². The summed E-state index contributed by atoms with van der Waals surface area (Å²) in [7, 11) is 0. The number of rotatable bonds is 3. The van der Waals surface area contributed by atoms with Gasteiger partial charge in [-0.2, -0.15) is 13.2 Å². The molecule has 2 nitrogen and oxygen atoms in total. The Morgan fingerprint density at radius 1 is 1.10 bits per heavy atom. The van der Waals surface area contributed by atoms with Gasteiger partial charge in [0.25, 0.3) is 0 Å². The van der Waals surface area contributed by atoms with Gasteiger partial charge in [0.1, 0.15) is 11.6 Å². The van der Waals surface area contributed by atoms with Crippen LogP contribution in [-0.4, -0.2) is 12.8 Å². The molecule has 112 valence electrons. The van der Waals surface area contributed by atoms with Crippen molar-refractivity contribution < 1.29 is 22.3 Å². The van der Waals surface area contributed by atoms with Crippen LogP contribution < -0.4 is 10.5 Å². The highest BCUT2D eigenvalue weighted by molar-refractivity contribution is 6.30. The summed E-state index contributed by atoms with van der Waals surface area (Å²) in [4.78, 5) is 0. The molecule has 0 radical (unpaired) electrons. The third-order valence-electron chi connectivity index (χ3n) is 2.66. The van der Waals surface area contributed by atoms with Crippen molar-refractivity contribution >= 4 is 17.3 Å².